The largest absolute Gasteiger partial charge is 0.454 e. The van der Waals surface area contributed by atoms with Gasteiger partial charge in [0.15, 0.2) is 12.7 Å². The summed E-state index contributed by atoms with van der Waals surface area (Å²) in [5.74, 6) is -1.14. The molecule has 1 aliphatic rings. The van der Waals surface area contributed by atoms with Crippen molar-refractivity contribution in [3.63, 3.8) is 0 Å². The molecule has 1 aromatic carbocycles. The van der Waals surface area contributed by atoms with Crippen LogP contribution >= 0.6 is 0 Å². The minimum atomic E-state index is -0.601. The van der Waals surface area contributed by atoms with E-state index in [4.69, 9.17) is 9.47 Å². The van der Waals surface area contributed by atoms with Gasteiger partial charge in [0.25, 0.3) is 11.6 Å². The number of non-ortho nitro benzene ring substituents is 1. The fraction of sp³-hybridized carbons (Fsp3) is 0.385. The van der Waals surface area contributed by atoms with Crippen LogP contribution in [0.3, 0.4) is 0 Å². The Hall–Kier alpha value is -2.48. The van der Waals surface area contributed by atoms with E-state index in [1.165, 1.54) is 24.3 Å². The smallest absolute Gasteiger partial charge is 0.335 e. The fourth-order valence-electron chi connectivity index (χ4n) is 1.89. The molecular weight excluding hydrogens is 280 g/mol. The molecular formula is C13H14N2O6. The van der Waals surface area contributed by atoms with Crippen molar-refractivity contribution in [3.05, 3.63) is 34.4 Å². The molecule has 1 fully saturated rings. The van der Waals surface area contributed by atoms with Crippen LogP contribution in [-0.2, 0) is 19.1 Å². The minimum absolute atomic E-state index is 0.135. The lowest BCUT2D eigenvalue weighted by Gasteiger charge is -2.09. The van der Waals surface area contributed by atoms with E-state index in [2.05, 4.69) is 5.32 Å². The maximum absolute atomic E-state index is 11.6. The first-order valence-electron chi connectivity index (χ1n) is 6.39. The second-order valence-corrected chi connectivity index (χ2v) is 4.46. The summed E-state index contributed by atoms with van der Waals surface area (Å²) in [5, 5.41) is 13.0. The second kappa shape index (κ2) is 6.80. The van der Waals surface area contributed by atoms with E-state index in [-0.39, 0.29) is 11.4 Å². The van der Waals surface area contributed by atoms with Crippen molar-refractivity contribution in [2.75, 3.05) is 18.5 Å². The van der Waals surface area contributed by atoms with Crippen molar-refractivity contribution in [1.82, 2.24) is 0 Å². The summed E-state index contributed by atoms with van der Waals surface area (Å²) in [6.07, 6.45) is 0.779. The lowest BCUT2D eigenvalue weighted by molar-refractivity contribution is -0.384. The Morgan fingerprint density at radius 1 is 1.48 bits per heavy atom. The van der Waals surface area contributed by atoms with Gasteiger partial charge in [0.05, 0.1) is 4.92 Å². The second-order valence-electron chi connectivity index (χ2n) is 4.46. The van der Waals surface area contributed by atoms with Crippen LogP contribution in [-0.4, -0.2) is 36.1 Å². The van der Waals surface area contributed by atoms with Crippen molar-refractivity contribution < 1.29 is 24.0 Å². The topological polar surface area (TPSA) is 108 Å². The maximum atomic E-state index is 11.6. The highest BCUT2D eigenvalue weighted by atomic mass is 16.6. The number of rotatable bonds is 5. The molecule has 1 amide bonds. The van der Waals surface area contributed by atoms with Crippen molar-refractivity contribution in [2.24, 2.45) is 0 Å². The Labute approximate surface area is 120 Å². The number of carbonyl (C=O) groups excluding carboxylic acids is 2. The van der Waals surface area contributed by atoms with Crippen LogP contribution in [0.4, 0.5) is 11.4 Å². The number of benzene rings is 1. The molecule has 2 rings (SSSR count). The SMILES string of the molecule is O=C(COC(=O)[C@H]1CCCO1)Nc1cccc([N+](=O)[O-])c1. The van der Waals surface area contributed by atoms with Crippen LogP contribution in [0.15, 0.2) is 24.3 Å². The predicted molar refractivity (Wildman–Crippen MR) is 71.7 cm³/mol. The average molecular weight is 294 g/mol. The highest BCUT2D eigenvalue weighted by molar-refractivity contribution is 5.93. The van der Waals surface area contributed by atoms with Gasteiger partial charge in [0.2, 0.25) is 0 Å². The van der Waals surface area contributed by atoms with Crippen molar-refractivity contribution in [3.8, 4) is 0 Å². The molecule has 1 aliphatic heterocycles. The van der Waals surface area contributed by atoms with E-state index in [0.717, 1.165) is 6.42 Å². The molecule has 1 atom stereocenters. The fourth-order valence-corrected chi connectivity index (χ4v) is 1.89. The number of hydrogen-bond donors (Lipinski definition) is 1. The van der Waals surface area contributed by atoms with Gasteiger partial charge in [-0.05, 0) is 18.9 Å². The molecule has 112 valence electrons. The van der Waals surface area contributed by atoms with Crippen LogP contribution in [0.1, 0.15) is 12.8 Å². The lowest BCUT2D eigenvalue weighted by atomic mass is 10.2. The monoisotopic (exact) mass is 294 g/mol. The number of hydrogen-bond acceptors (Lipinski definition) is 6. The standard InChI is InChI=1S/C13H14N2O6/c16-12(8-21-13(17)11-5-2-6-20-11)14-9-3-1-4-10(7-9)15(18)19/h1,3-4,7,11H,2,5-6,8H2,(H,14,16)/t11-/m1/s1. The molecule has 0 aromatic heterocycles. The van der Waals surface area contributed by atoms with Crippen LogP contribution < -0.4 is 5.32 Å². The maximum Gasteiger partial charge on any atom is 0.335 e. The lowest BCUT2D eigenvalue weighted by Crippen LogP contribution is -2.27. The van der Waals surface area contributed by atoms with Crippen LogP contribution in [0.25, 0.3) is 0 Å². The first kappa shape index (κ1) is 14.9. The Balaban J connectivity index is 1.82. The first-order chi connectivity index (χ1) is 10.1. The summed E-state index contributed by atoms with van der Waals surface area (Å²) < 4.78 is 9.95. The number of esters is 1. The highest BCUT2D eigenvalue weighted by Crippen LogP contribution is 2.17. The summed E-state index contributed by atoms with van der Waals surface area (Å²) in [6, 6.07) is 5.49. The van der Waals surface area contributed by atoms with E-state index in [9.17, 15) is 19.7 Å². The van der Waals surface area contributed by atoms with Gasteiger partial charge in [-0.15, -0.1) is 0 Å². The molecule has 1 heterocycles. The molecule has 0 saturated carbocycles. The number of nitrogens with zero attached hydrogens (tertiary/aromatic N) is 1. The molecule has 0 unspecified atom stereocenters. The third kappa shape index (κ3) is 4.25. The van der Waals surface area contributed by atoms with Crippen LogP contribution in [0.2, 0.25) is 0 Å². The molecule has 21 heavy (non-hydrogen) atoms. The van der Waals surface area contributed by atoms with E-state index < -0.39 is 29.5 Å². The Morgan fingerprint density at radius 2 is 2.29 bits per heavy atom. The number of anilines is 1. The van der Waals surface area contributed by atoms with Crippen molar-refractivity contribution in [1.29, 1.82) is 0 Å². The first-order valence-corrected chi connectivity index (χ1v) is 6.39. The van der Waals surface area contributed by atoms with Gasteiger partial charge in [-0.25, -0.2) is 4.79 Å². The molecule has 1 saturated heterocycles. The molecule has 1 N–H and O–H groups in total. The number of nitro groups is 1. The molecule has 0 aliphatic carbocycles. The normalized spacial score (nSPS) is 17.2. The summed E-state index contributed by atoms with van der Waals surface area (Å²) in [4.78, 5) is 33.2. The summed E-state index contributed by atoms with van der Waals surface area (Å²) in [7, 11) is 0. The third-order valence-electron chi connectivity index (χ3n) is 2.88. The van der Waals surface area contributed by atoms with E-state index in [1.54, 1.807) is 0 Å². The summed E-state index contributed by atoms with van der Waals surface area (Å²) in [6.45, 7) is 0.0566. The molecule has 0 spiro atoms. The minimum Gasteiger partial charge on any atom is -0.454 e. The molecule has 0 bridgehead atoms. The van der Waals surface area contributed by atoms with Gasteiger partial charge >= 0.3 is 5.97 Å². The Kier molecular flexibility index (Phi) is 4.83. The number of carbonyl (C=O) groups is 2. The predicted octanol–water partition coefficient (Wildman–Crippen LogP) is 1.26. The zero-order valence-electron chi connectivity index (χ0n) is 11.1. The van der Waals surface area contributed by atoms with E-state index >= 15 is 0 Å². The molecule has 1 aromatic rings. The van der Waals surface area contributed by atoms with Crippen molar-refractivity contribution >= 4 is 23.3 Å². The third-order valence-corrected chi connectivity index (χ3v) is 2.88. The summed E-state index contributed by atoms with van der Waals surface area (Å²) >= 11 is 0. The van der Waals surface area contributed by atoms with Gasteiger partial charge in [0.1, 0.15) is 0 Å². The van der Waals surface area contributed by atoms with Crippen LogP contribution in [0, 0.1) is 10.1 Å². The Morgan fingerprint density at radius 3 is 2.95 bits per heavy atom. The van der Waals surface area contributed by atoms with Gasteiger partial charge in [0, 0.05) is 24.4 Å². The van der Waals surface area contributed by atoms with Gasteiger partial charge in [-0.2, -0.15) is 0 Å². The number of nitro benzene ring substituents is 1. The number of ether oxygens (including phenoxy) is 2. The average Bonchev–Trinajstić information content (AvgIpc) is 2.99. The van der Waals surface area contributed by atoms with E-state index in [1.807, 2.05) is 0 Å². The Bertz CT molecular complexity index is 553. The zero-order chi connectivity index (χ0) is 15.2. The number of nitrogens with one attached hydrogen (secondary N) is 1. The summed E-state index contributed by atoms with van der Waals surface area (Å²) in [5.41, 5.74) is 0.131. The van der Waals surface area contributed by atoms with Crippen molar-refractivity contribution in [2.45, 2.75) is 18.9 Å². The molecule has 0 radical (unpaired) electrons. The van der Waals surface area contributed by atoms with Crippen LogP contribution in [0.5, 0.6) is 0 Å². The molecule has 8 nitrogen and oxygen atoms in total. The zero-order valence-corrected chi connectivity index (χ0v) is 11.1. The molecule has 8 heteroatoms. The number of amides is 1. The quantitative estimate of drug-likeness (QED) is 0.497. The van der Waals surface area contributed by atoms with Gasteiger partial charge in [-0.1, -0.05) is 6.07 Å². The van der Waals surface area contributed by atoms with E-state index in [0.29, 0.717) is 13.0 Å². The van der Waals surface area contributed by atoms with Gasteiger partial charge < -0.3 is 14.8 Å². The highest BCUT2D eigenvalue weighted by Gasteiger charge is 2.25. The van der Waals surface area contributed by atoms with Gasteiger partial charge in [-0.3, -0.25) is 14.9 Å².